The third-order valence-corrected chi connectivity index (χ3v) is 3.87. The molecule has 0 atom stereocenters. The van der Waals surface area contributed by atoms with Crippen molar-refractivity contribution >= 4 is 16.7 Å². The van der Waals surface area contributed by atoms with Crippen molar-refractivity contribution in [3.63, 3.8) is 0 Å². The highest BCUT2D eigenvalue weighted by atomic mass is 16.1. The predicted octanol–water partition coefficient (Wildman–Crippen LogP) is 2.70. The van der Waals surface area contributed by atoms with Crippen LogP contribution < -0.4 is 10.9 Å². The molecule has 0 unspecified atom stereocenters. The van der Waals surface area contributed by atoms with Crippen LogP contribution >= 0.6 is 0 Å². The summed E-state index contributed by atoms with van der Waals surface area (Å²) in [7, 11) is 0. The number of pyridine rings is 1. The first-order valence-corrected chi connectivity index (χ1v) is 8.17. The van der Waals surface area contributed by atoms with Crippen molar-refractivity contribution < 1.29 is 0 Å². The number of benzene rings is 1. The van der Waals surface area contributed by atoms with Crippen LogP contribution in [0.2, 0.25) is 0 Å². The average Bonchev–Trinajstić information content (AvgIpc) is 2.67. The fourth-order valence-corrected chi connectivity index (χ4v) is 2.68. The number of anilines is 1. The Hall–Kier alpha value is -3.61. The summed E-state index contributed by atoms with van der Waals surface area (Å²) in [4.78, 5) is 32.5. The van der Waals surface area contributed by atoms with Gasteiger partial charge in [0.1, 0.15) is 11.6 Å². The number of hydrogen-bond donors (Lipinski definition) is 2. The topological polar surface area (TPSA) is 96.5 Å². The largest absolute Gasteiger partial charge is 0.363 e. The first-order chi connectivity index (χ1) is 12.7. The molecular weight excluding hydrogens is 328 g/mol. The second-order valence-electron chi connectivity index (χ2n) is 5.84. The maximum Gasteiger partial charge on any atom is 0.258 e. The quantitative estimate of drug-likeness (QED) is 0.591. The number of nitrogens with one attached hydrogen (secondary N) is 2. The maximum atomic E-state index is 12.1. The SMILES string of the molecule is Cc1cc(NCc2nc3ccccc3c(=O)[nH]2)nc(-c2cccnc2)n1. The second-order valence-corrected chi connectivity index (χ2v) is 5.84. The second kappa shape index (κ2) is 6.72. The van der Waals surface area contributed by atoms with Gasteiger partial charge in [-0.2, -0.15) is 0 Å². The van der Waals surface area contributed by atoms with E-state index >= 15 is 0 Å². The van der Waals surface area contributed by atoms with Gasteiger partial charge in [0.15, 0.2) is 5.82 Å². The van der Waals surface area contributed by atoms with Crippen LogP contribution in [0.4, 0.5) is 5.82 Å². The maximum absolute atomic E-state index is 12.1. The smallest absolute Gasteiger partial charge is 0.258 e. The van der Waals surface area contributed by atoms with Gasteiger partial charge in [-0.1, -0.05) is 12.1 Å². The molecule has 128 valence electrons. The van der Waals surface area contributed by atoms with E-state index in [0.29, 0.717) is 34.9 Å². The number of rotatable bonds is 4. The number of nitrogens with zero attached hydrogens (tertiary/aromatic N) is 4. The van der Waals surface area contributed by atoms with E-state index in [1.165, 1.54) is 0 Å². The Morgan fingerprint density at radius 3 is 2.81 bits per heavy atom. The number of H-pyrrole nitrogens is 1. The lowest BCUT2D eigenvalue weighted by atomic mass is 10.2. The van der Waals surface area contributed by atoms with E-state index in [0.717, 1.165) is 11.3 Å². The first kappa shape index (κ1) is 15.9. The summed E-state index contributed by atoms with van der Waals surface area (Å²) in [5.41, 5.74) is 2.20. The fraction of sp³-hybridized carbons (Fsp3) is 0.105. The molecular formula is C19H16N6O. The highest BCUT2D eigenvalue weighted by Crippen LogP contribution is 2.17. The van der Waals surface area contributed by atoms with Gasteiger partial charge in [-0.3, -0.25) is 9.78 Å². The number of fused-ring (bicyclic) bond motifs is 1. The Morgan fingerprint density at radius 1 is 1.08 bits per heavy atom. The van der Waals surface area contributed by atoms with E-state index in [-0.39, 0.29) is 5.56 Å². The molecule has 0 radical (unpaired) electrons. The highest BCUT2D eigenvalue weighted by Gasteiger charge is 2.07. The van der Waals surface area contributed by atoms with Crippen molar-refractivity contribution in [2.24, 2.45) is 0 Å². The van der Waals surface area contributed by atoms with Crippen molar-refractivity contribution in [1.82, 2.24) is 24.9 Å². The molecule has 7 nitrogen and oxygen atoms in total. The number of aromatic nitrogens is 5. The minimum atomic E-state index is -0.151. The average molecular weight is 344 g/mol. The van der Waals surface area contributed by atoms with Crippen LogP contribution in [0, 0.1) is 6.92 Å². The van der Waals surface area contributed by atoms with Gasteiger partial charge in [-0.15, -0.1) is 0 Å². The van der Waals surface area contributed by atoms with Crippen LogP contribution in [0.25, 0.3) is 22.3 Å². The molecule has 26 heavy (non-hydrogen) atoms. The summed E-state index contributed by atoms with van der Waals surface area (Å²) in [6.45, 7) is 2.26. The normalized spacial score (nSPS) is 10.8. The minimum absolute atomic E-state index is 0.151. The summed E-state index contributed by atoms with van der Waals surface area (Å²) in [6.07, 6.45) is 3.43. The zero-order valence-electron chi connectivity index (χ0n) is 14.1. The molecule has 3 heterocycles. The molecule has 4 rings (SSSR count). The molecule has 2 N–H and O–H groups in total. The van der Waals surface area contributed by atoms with Crippen molar-refractivity contribution in [3.8, 4) is 11.4 Å². The monoisotopic (exact) mass is 344 g/mol. The third-order valence-electron chi connectivity index (χ3n) is 3.87. The molecule has 4 aromatic rings. The lowest BCUT2D eigenvalue weighted by Crippen LogP contribution is -2.15. The van der Waals surface area contributed by atoms with Gasteiger partial charge in [0.2, 0.25) is 0 Å². The van der Waals surface area contributed by atoms with Crippen LogP contribution in [0.3, 0.4) is 0 Å². The number of aryl methyl sites for hydroxylation is 1. The number of aromatic amines is 1. The van der Waals surface area contributed by atoms with E-state index in [2.05, 4.69) is 30.2 Å². The minimum Gasteiger partial charge on any atom is -0.363 e. The Balaban J connectivity index is 1.60. The molecule has 0 saturated carbocycles. The van der Waals surface area contributed by atoms with Gasteiger partial charge in [0, 0.05) is 29.7 Å². The van der Waals surface area contributed by atoms with Crippen molar-refractivity contribution in [2.75, 3.05) is 5.32 Å². The van der Waals surface area contributed by atoms with Gasteiger partial charge >= 0.3 is 0 Å². The lowest BCUT2D eigenvalue weighted by molar-refractivity contribution is 0.941. The molecule has 0 aliphatic carbocycles. The zero-order valence-corrected chi connectivity index (χ0v) is 14.1. The van der Waals surface area contributed by atoms with E-state index < -0.39 is 0 Å². The summed E-state index contributed by atoms with van der Waals surface area (Å²) in [5.74, 6) is 1.81. The zero-order chi connectivity index (χ0) is 17.9. The van der Waals surface area contributed by atoms with Gasteiger partial charge < -0.3 is 10.3 Å². The van der Waals surface area contributed by atoms with Gasteiger partial charge in [0.25, 0.3) is 5.56 Å². The third kappa shape index (κ3) is 3.27. The Bertz CT molecular complexity index is 1120. The predicted molar refractivity (Wildman–Crippen MR) is 99.7 cm³/mol. The van der Waals surface area contributed by atoms with E-state index in [4.69, 9.17) is 0 Å². The molecule has 1 aromatic carbocycles. The van der Waals surface area contributed by atoms with Crippen LogP contribution in [-0.4, -0.2) is 24.9 Å². The van der Waals surface area contributed by atoms with Crippen LogP contribution in [0.1, 0.15) is 11.5 Å². The summed E-state index contributed by atoms with van der Waals surface area (Å²) in [5, 5.41) is 3.78. The van der Waals surface area contributed by atoms with Crippen LogP contribution in [-0.2, 0) is 6.54 Å². The van der Waals surface area contributed by atoms with Gasteiger partial charge in [0.05, 0.1) is 17.4 Å². The molecule has 3 aromatic heterocycles. The van der Waals surface area contributed by atoms with Crippen LogP contribution in [0.15, 0.2) is 59.7 Å². The summed E-state index contributed by atoms with van der Waals surface area (Å²) < 4.78 is 0. The van der Waals surface area contributed by atoms with Crippen LogP contribution in [0.5, 0.6) is 0 Å². The molecule has 0 amide bonds. The Kier molecular flexibility index (Phi) is 4.10. The Labute approximate surface area is 149 Å². The summed E-state index contributed by atoms with van der Waals surface area (Å²) in [6, 6.07) is 12.9. The lowest BCUT2D eigenvalue weighted by Gasteiger charge is -2.09. The molecule has 0 aliphatic rings. The van der Waals surface area contributed by atoms with E-state index in [1.807, 2.05) is 43.3 Å². The standard InChI is InChI=1S/C19H16N6O/c1-12-9-16(24-18(22-12)13-5-4-8-20-10-13)21-11-17-23-15-7-3-2-6-14(15)19(26)25-17/h2-10H,11H2,1H3,(H,21,22,24)(H,23,25,26). The first-order valence-electron chi connectivity index (χ1n) is 8.17. The molecule has 0 spiro atoms. The molecule has 0 fully saturated rings. The van der Waals surface area contributed by atoms with E-state index in [1.54, 1.807) is 18.5 Å². The van der Waals surface area contributed by atoms with Gasteiger partial charge in [-0.05, 0) is 31.2 Å². The number of para-hydroxylation sites is 1. The van der Waals surface area contributed by atoms with E-state index in [9.17, 15) is 4.79 Å². The number of hydrogen-bond acceptors (Lipinski definition) is 6. The molecule has 0 bridgehead atoms. The molecule has 0 aliphatic heterocycles. The molecule has 0 saturated heterocycles. The molecule has 7 heteroatoms. The highest BCUT2D eigenvalue weighted by molar-refractivity contribution is 5.77. The van der Waals surface area contributed by atoms with Crippen molar-refractivity contribution in [1.29, 1.82) is 0 Å². The van der Waals surface area contributed by atoms with Gasteiger partial charge in [-0.25, -0.2) is 15.0 Å². The Morgan fingerprint density at radius 2 is 1.96 bits per heavy atom. The van der Waals surface area contributed by atoms with Crippen molar-refractivity contribution in [3.05, 3.63) is 76.7 Å². The fourth-order valence-electron chi connectivity index (χ4n) is 2.68. The van der Waals surface area contributed by atoms with Crippen molar-refractivity contribution in [2.45, 2.75) is 13.5 Å². The summed E-state index contributed by atoms with van der Waals surface area (Å²) >= 11 is 0.